The molecule has 1 rings (SSSR count). The molecule has 0 radical (unpaired) electrons. The zero-order valence-corrected chi connectivity index (χ0v) is 13.3. The van der Waals surface area contributed by atoms with Crippen molar-refractivity contribution in [3.05, 3.63) is 0 Å². The van der Waals surface area contributed by atoms with Gasteiger partial charge in [0.2, 0.25) is 15.9 Å². The molecule has 0 N–H and O–H groups in total. The van der Waals surface area contributed by atoms with E-state index in [2.05, 4.69) is 0 Å². The van der Waals surface area contributed by atoms with Gasteiger partial charge in [-0.05, 0) is 18.8 Å². The van der Waals surface area contributed by atoms with Gasteiger partial charge in [0.05, 0.1) is 5.75 Å². The Morgan fingerprint density at radius 1 is 1.11 bits per heavy atom. The molecule has 0 aromatic carbocycles. The van der Waals surface area contributed by atoms with Gasteiger partial charge in [0, 0.05) is 32.6 Å². The summed E-state index contributed by atoms with van der Waals surface area (Å²) in [5.41, 5.74) is -0.0292. The molecule has 0 aromatic heterocycles. The lowest BCUT2D eigenvalue weighted by molar-refractivity contribution is -0.132. The number of carbonyl (C=O) groups excluding carboxylic acids is 1. The Hall–Kier alpha value is -0.620. The maximum absolute atomic E-state index is 12.2. The Kier molecular flexibility index (Phi) is 5.38. The minimum absolute atomic E-state index is 0.0292. The van der Waals surface area contributed by atoms with Crippen molar-refractivity contribution in [2.45, 2.75) is 40.5 Å². The largest absolute Gasteiger partial charge is 0.341 e. The number of nitrogens with zero attached hydrogens (tertiary/aromatic N) is 2. The van der Waals surface area contributed by atoms with Crippen LogP contribution in [0.15, 0.2) is 0 Å². The third-order valence-electron chi connectivity index (χ3n) is 3.25. The van der Waals surface area contributed by atoms with E-state index >= 15 is 0 Å². The number of hydrogen-bond donors (Lipinski definition) is 0. The number of rotatable bonds is 3. The number of amides is 1. The van der Waals surface area contributed by atoms with E-state index in [4.69, 9.17) is 0 Å². The van der Waals surface area contributed by atoms with Crippen LogP contribution in [-0.2, 0) is 14.8 Å². The molecule has 0 spiro atoms. The van der Waals surface area contributed by atoms with Gasteiger partial charge in [-0.3, -0.25) is 4.79 Å². The zero-order chi connectivity index (χ0) is 14.7. The molecule has 0 unspecified atom stereocenters. The second-order valence-electron chi connectivity index (χ2n) is 6.27. The molecule has 112 valence electrons. The highest BCUT2D eigenvalue weighted by molar-refractivity contribution is 7.89. The first-order valence-corrected chi connectivity index (χ1v) is 8.52. The Balaban J connectivity index is 2.62. The van der Waals surface area contributed by atoms with E-state index in [0.717, 1.165) is 6.42 Å². The summed E-state index contributed by atoms with van der Waals surface area (Å²) in [4.78, 5) is 14.0. The van der Waals surface area contributed by atoms with Gasteiger partial charge in [-0.1, -0.05) is 20.8 Å². The lowest BCUT2D eigenvalue weighted by atomic mass is 9.91. The Labute approximate surface area is 117 Å². The first-order valence-electron chi connectivity index (χ1n) is 6.91. The Bertz CT molecular complexity index is 412. The summed E-state index contributed by atoms with van der Waals surface area (Å²) in [6.45, 7) is 9.88. The van der Waals surface area contributed by atoms with Crippen LogP contribution in [0.25, 0.3) is 0 Å². The molecule has 1 aliphatic heterocycles. The van der Waals surface area contributed by atoms with Crippen molar-refractivity contribution < 1.29 is 13.2 Å². The van der Waals surface area contributed by atoms with Crippen LogP contribution >= 0.6 is 0 Å². The van der Waals surface area contributed by atoms with Crippen molar-refractivity contribution >= 4 is 15.9 Å². The van der Waals surface area contributed by atoms with Gasteiger partial charge in [0.15, 0.2) is 0 Å². The summed E-state index contributed by atoms with van der Waals surface area (Å²) in [6, 6.07) is 0. The molecule has 0 atom stereocenters. The normalized spacial score (nSPS) is 19.3. The van der Waals surface area contributed by atoms with Gasteiger partial charge >= 0.3 is 0 Å². The summed E-state index contributed by atoms with van der Waals surface area (Å²) in [6.07, 6.45) is 1.22. The van der Waals surface area contributed by atoms with Gasteiger partial charge in [-0.25, -0.2) is 12.7 Å². The second kappa shape index (κ2) is 6.22. The van der Waals surface area contributed by atoms with Gasteiger partial charge in [0.25, 0.3) is 0 Å². The highest BCUT2D eigenvalue weighted by Gasteiger charge is 2.27. The smallest absolute Gasteiger partial charge is 0.223 e. The van der Waals surface area contributed by atoms with Gasteiger partial charge in [0.1, 0.15) is 0 Å². The minimum Gasteiger partial charge on any atom is -0.341 e. The third-order valence-corrected chi connectivity index (χ3v) is 5.13. The lowest BCUT2D eigenvalue weighted by Crippen LogP contribution is -2.38. The van der Waals surface area contributed by atoms with Crippen LogP contribution in [0.3, 0.4) is 0 Å². The first-order chi connectivity index (χ1) is 8.65. The predicted octanol–water partition coefficient (Wildman–Crippen LogP) is 1.31. The van der Waals surface area contributed by atoms with Crippen LogP contribution in [0.2, 0.25) is 0 Å². The van der Waals surface area contributed by atoms with Crippen LogP contribution in [0.1, 0.15) is 40.5 Å². The molecule has 1 saturated heterocycles. The molecular formula is C13H26N2O3S. The van der Waals surface area contributed by atoms with Gasteiger partial charge in [-0.2, -0.15) is 0 Å². The number of carbonyl (C=O) groups is 1. The van der Waals surface area contributed by atoms with E-state index in [1.54, 1.807) is 11.8 Å². The fraction of sp³-hybridized carbons (Fsp3) is 0.923. The fourth-order valence-electron chi connectivity index (χ4n) is 2.17. The Morgan fingerprint density at radius 3 is 2.26 bits per heavy atom. The summed E-state index contributed by atoms with van der Waals surface area (Å²) in [5.74, 6) is 0.256. The quantitative estimate of drug-likeness (QED) is 0.787. The van der Waals surface area contributed by atoms with Gasteiger partial charge in [-0.15, -0.1) is 0 Å². The molecule has 19 heavy (non-hydrogen) atoms. The van der Waals surface area contributed by atoms with Crippen molar-refractivity contribution in [2.24, 2.45) is 5.41 Å². The highest BCUT2D eigenvalue weighted by Crippen LogP contribution is 2.20. The van der Waals surface area contributed by atoms with Crippen molar-refractivity contribution in [3.8, 4) is 0 Å². The molecular weight excluding hydrogens is 264 g/mol. The SMILES string of the molecule is CCS(=O)(=O)N1CCCN(C(=O)CC(C)(C)C)CC1. The second-order valence-corrected chi connectivity index (χ2v) is 8.53. The third kappa shape index (κ3) is 5.10. The lowest BCUT2D eigenvalue weighted by Gasteiger charge is -2.25. The summed E-state index contributed by atoms with van der Waals surface area (Å²) in [5, 5.41) is 0. The van der Waals surface area contributed by atoms with E-state index in [0.29, 0.717) is 32.6 Å². The van der Waals surface area contributed by atoms with E-state index in [9.17, 15) is 13.2 Å². The molecule has 6 heteroatoms. The van der Waals surface area contributed by atoms with E-state index in [1.165, 1.54) is 4.31 Å². The Morgan fingerprint density at radius 2 is 1.74 bits per heavy atom. The van der Waals surface area contributed by atoms with Crippen molar-refractivity contribution in [1.82, 2.24) is 9.21 Å². The van der Waals surface area contributed by atoms with Crippen LogP contribution in [0.5, 0.6) is 0 Å². The minimum atomic E-state index is -3.13. The fourth-order valence-corrected chi connectivity index (χ4v) is 3.30. The summed E-state index contributed by atoms with van der Waals surface area (Å²) in [7, 11) is -3.13. The molecule has 1 heterocycles. The van der Waals surface area contributed by atoms with E-state index < -0.39 is 10.0 Å². The van der Waals surface area contributed by atoms with Crippen molar-refractivity contribution in [1.29, 1.82) is 0 Å². The van der Waals surface area contributed by atoms with Crippen LogP contribution in [0.4, 0.5) is 0 Å². The molecule has 5 nitrogen and oxygen atoms in total. The highest BCUT2D eigenvalue weighted by atomic mass is 32.2. The summed E-state index contributed by atoms with van der Waals surface area (Å²) < 4.78 is 25.2. The van der Waals surface area contributed by atoms with Crippen molar-refractivity contribution in [3.63, 3.8) is 0 Å². The zero-order valence-electron chi connectivity index (χ0n) is 12.5. The van der Waals surface area contributed by atoms with Crippen LogP contribution < -0.4 is 0 Å². The number of sulfonamides is 1. The summed E-state index contributed by atoms with van der Waals surface area (Å²) >= 11 is 0. The maximum atomic E-state index is 12.2. The molecule has 1 aliphatic rings. The molecule has 0 aliphatic carbocycles. The molecule has 0 bridgehead atoms. The van der Waals surface area contributed by atoms with Crippen molar-refractivity contribution in [2.75, 3.05) is 31.9 Å². The molecule has 0 saturated carbocycles. The molecule has 1 fully saturated rings. The van der Waals surface area contributed by atoms with E-state index in [1.807, 2.05) is 20.8 Å². The topological polar surface area (TPSA) is 57.7 Å². The number of hydrogen-bond acceptors (Lipinski definition) is 3. The van der Waals surface area contributed by atoms with Gasteiger partial charge < -0.3 is 4.90 Å². The first kappa shape index (κ1) is 16.4. The molecule has 1 amide bonds. The predicted molar refractivity (Wildman–Crippen MR) is 76.3 cm³/mol. The standard InChI is InChI=1S/C13H26N2O3S/c1-5-19(17,18)15-8-6-7-14(9-10-15)12(16)11-13(2,3)4/h5-11H2,1-4H3. The van der Waals surface area contributed by atoms with E-state index in [-0.39, 0.29) is 17.1 Å². The molecule has 0 aromatic rings. The van der Waals surface area contributed by atoms with Crippen LogP contribution in [-0.4, -0.2) is 55.5 Å². The monoisotopic (exact) mass is 290 g/mol. The average Bonchev–Trinajstić information content (AvgIpc) is 2.52. The average molecular weight is 290 g/mol. The maximum Gasteiger partial charge on any atom is 0.223 e. The van der Waals surface area contributed by atoms with Crippen LogP contribution in [0, 0.1) is 5.41 Å².